The summed E-state index contributed by atoms with van der Waals surface area (Å²) < 4.78 is 60.7. The number of anilines is 1. The molecule has 1 aliphatic rings. The van der Waals surface area contributed by atoms with E-state index in [2.05, 4.69) is 5.32 Å². The van der Waals surface area contributed by atoms with Crippen LogP contribution in [0.2, 0.25) is 0 Å². The fraction of sp³-hybridized carbons (Fsp3) is 0.208. The normalized spacial score (nSPS) is 17.6. The van der Waals surface area contributed by atoms with E-state index >= 15 is 0 Å². The first-order chi connectivity index (χ1) is 16.7. The molecule has 1 N–H and O–H groups in total. The molecule has 0 unspecified atom stereocenters. The monoisotopic (exact) mass is 515 g/mol. The third-order valence-corrected chi connectivity index (χ3v) is 9.47. The Balaban J connectivity index is 1.68. The molecule has 0 aromatic heterocycles. The Morgan fingerprint density at radius 3 is 2.03 bits per heavy atom. The van der Waals surface area contributed by atoms with Gasteiger partial charge in [0.1, 0.15) is 11.8 Å². The van der Waals surface area contributed by atoms with Crippen LogP contribution in [-0.2, 0) is 24.8 Å². The predicted molar refractivity (Wildman–Crippen MR) is 131 cm³/mol. The van der Waals surface area contributed by atoms with Crippen LogP contribution in [0.15, 0.2) is 94.7 Å². The Morgan fingerprint density at radius 1 is 0.829 bits per heavy atom. The third kappa shape index (κ3) is 5.22. The summed E-state index contributed by atoms with van der Waals surface area (Å²) in [5.41, 5.74) is 0.398. The van der Waals surface area contributed by atoms with Crippen molar-refractivity contribution in [1.82, 2.24) is 8.61 Å². The second-order valence-electron chi connectivity index (χ2n) is 7.84. The molecule has 1 aliphatic heterocycles. The lowest BCUT2D eigenvalue weighted by Gasteiger charge is -2.38. The number of amides is 1. The van der Waals surface area contributed by atoms with Crippen molar-refractivity contribution in [3.05, 3.63) is 84.9 Å². The van der Waals surface area contributed by atoms with Gasteiger partial charge in [0.15, 0.2) is 0 Å². The average molecular weight is 516 g/mol. The summed E-state index contributed by atoms with van der Waals surface area (Å²) in [5.74, 6) is -0.140. The van der Waals surface area contributed by atoms with Gasteiger partial charge >= 0.3 is 0 Å². The van der Waals surface area contributed by atoms with Crippen LogP contribution in [0.5, 0.6) is 5.75 Å². The zero-order chi connectivity index (χ0) is 25.1. The van der Waals surface area contributed by atoms with Gasteiger partial charge in [-0.25, -0.2) is 16.8 Å². The van der Waals surface area contributed by atoms with Crippen molar-refractivity contribution in [3.8, 4) is 5.75 Å². The molecule has 3 aromatic carbocycles. The van der Waals surface area contributed by atoms with E-state index in [1.807, 2.05) is 0 Å². The fourth-order valence-corrected chi connectivity index (χ4v) is 6.91. The minimum absolute atomic E-state index is 0.0264. The van der Waals surface area contributed by atoms with Gasteiger partial charge in [0, 0.05) is 31.4 Å². The molecule has 1 fully saturated rings. The average Bonchev–Trinajstić information content (AvgIpc) is 2.89. The van der Waals surface area contributed by atoms with Crippen LogP contribution < -0.4 is 10.1 Å². The number of piperazine rings is 1. The smallest absolute Gasteiger partial charge is 0.244 e. The summed E-state index contributed by atoms with van der Waals surface area (Å²) >= 11 is 0. The molecule has 3 aromatic rings. The first-order valence-corrected chi connectivity index (χ1v) is 13.7. The molecule has 0 saturated carbocycles. The van der Waals surface area contributed by atoms with E-state index in [1.54, 1.807) is 60.7 Å². The van der Waals surface area contributed by atoms with Gasteiger partial charge < -0.3 is 10.1 Å². The number of nitrogens with zero attached hydrogens (tertiary/aromatic N) is 2. The van der Waals surface area contributed by atoms with Crippen LogP contribution in [0.1, 0.15) is 0 Å². The number of hydrogen-bond acceptors (Lipinski definition) is 6. The molecule has 35 heavy (non-hydrogen) atoms. The molecular formula is C24H25N3O6S2. The largest absolute Gasteiger partial charge is 0.497 e. The molecule has 9 nitrogen and oxygen atoms in total. The maximum atomic E-state index is 13.4. The van der Waals surface area contributed by atoms with Crippen molar-refractivity contribution < 1.29 is 26.4 Å². The number of methoxy groups -OCH3 is 1. The molecule has 4 rings (SSSR count). The second kappa shape index (κ2) is 10.2. The lowest BCUT2D eigenvalue weighted by molar-refractivity contribution is -0.120. The van der Waals surface area contributed by atoms with Gasteiger partial charge in [0.2, 0.25) is 26.0 Å². The Hall–Kier alpha value is -3.25. The highest BCUT2D eigenvalue weighted by molar-refractivity contribution is 7.89. The fourth-order valence-electron chi connectivity index (χ4n) is 3.86. The zero-order valence-corrected chi connectivity index (χ0v) is 20.6. The standard InChI is InChI=1S/C24H25N3O6S2/c1-33-20-10-8-9-19(17-20)25-24(28)23-18-26(34(29,30)21-11-4-2-5-12-21)15-16-27(23)35(31,32)22-13-6-3-7-14-22/h2-14,17,23H,15-16,18H2,1H3,(H,25,28)/t23-/m0/s1. The first kappa shape index (κ1) is 24.9. The highest BCUT2D eigenvalue weighted by atomic mass is 32.2. The second-order valence-corrected chi connectivity index (χ2v) is 11.7. The van der Waals surface area contributed by atoms with Crippen LogP contribution in [0.4, 0.5) is 5.69 Å². The van der Waals surface area contributed by atoms with Crippen LogP contribution in [-0.4, -0.2) is 64.1 Å². The van der Waals surface area contributed by atoms with E-state index in [1.165, 1.54) is 31.4 Å². The van der Waals surface area contributed by atoms with Crippen molar-refractivity contribution in [2.75, 3.05) is 32.1 Å². The Bertz CT molecular complexity index is 1400. The Kier molecular flexibility index (Phi) is 7.22. The lowest BCUT2D eigenvalue weighted by atomic mass is 10.2. The highest BCUT2D eigenvalue weighted by Gasteiger charge is 2.43. The summed E-state index contributed by atoms with van der Waals surface area (Å²) in [6.07, 6.45) is 0. The van der Waals surface area contributed by atoms with E-state index < -0.39 is 32.0 Å². The molecular weight excluding hydrogens is 490 g/mol. The highest BCUT2D eigenvalue weighted by Crippen LogP contribution is 2.26. The molecule has 0 spiro atoms. The summed E-state index contributed by atoms with van der Waals surface area (Å²) in [5, 5.41) is 2.71. The molecule has 0 radical (unpaired) electrons. The number of carbonyl (C=O) groups excluding carboxylic acids is 1. The predicted octanol–water partition coefficient (Wildman–Crippen LogP) is 2.40. The zero-order valence-electron chi connectivity index (χ0n) is 18.9. The summed E-state index contributed by atoms with van der Waals surface area (Å²) in [4.78, 5) is 13.5. The maximum absolute atomic E-state index is 13.4. The number of sulfonamides is 2. The number of benzene rings is 3. The minimum Gasteiger partial charge on any atom is -0.497 e. The SMILES string of the molecule is COc1cccc(NC(=O)[C@@H]2CN(S(=O)(=O)c3ccccc3)CCN2S(=O)(=O)c2ccccc2)c1. The van der Waals surface area contributed by atoms with E-state index in [4.69, 9.17) is 4.74 Å². The van der Waals surface area contributed by atoms with E-state index in [0.717, 1.165) is 8.61 Å². The molecule has 0 bridgehead atoms. The first-order valence-electron chi connectivity index (χ1n) is 10.8. The molecule has 184 valence electrons. The summed E-state index contributed by atoms with van der Waals surface area (Å²) in [7, 11) is -6.51. The van der Waals surface area contributed by atoms with Crippen LogP contribution in [0.25, 0.3) is 0 Å². The molecule has 0 aliphatic carbocycles. The van der Waals surface area contributed by atoms with Gasteiger partial charge in [-0.3, -0.25) is 4.79 Å². The van der Waals surface area contributed by atoms with Crippen molar-refractivity contribution >= 4 is 31.6 Å². The lowest BCUT2D eigenvalue weighted by Crippen LogP contribution is -2.60. The van der Waals surface area contributed by atoms with Crippen molar-refractivity contribution in [2.45, 2.75) is 15.8 Å². The van der Waals surface area contributed by atoms with Gasteiger partial charge in [-0.05, 0) is 36.4 Å². The summed E-state index contributed by atoms with van der Waals surface area (Å²) in [6, 6.07) is 20.9. The molecule has 1 amide bonds. The number of nitrogens with one attached hydrogen (secondary N) is 1. The number of carbonyl (C=O) groups is 1. The minimum atomic E-state index is -4.07. The van der Waals surface area contributed by atoms with Gasteiger partial charge in [-0.2, -0.15) is 8.61 Å². The van der Waals surface area contributed by atoms with Gasteiger partial charge in [0.05, 0.1) is 16.9 Å². The van der Waals surface area contributed by atoms with Crippen LogP contribution in [0, 0.1) is 0 Å². The van der Waals surface area contributed by atoms with Crippen molar-refractivity contribution in [1.29, 1.82) is 0 Å². The van der Waals surface area contributed by atoms with E-state index in [9.17, 15) is 21.6 Å². The summed E-state index contributed by atoms with van der Waals surface area (Å²) in [6.45, 7) is -0.606. The quantitative estimate of drug-likeness (QED) is 0.517. The van der Waals surface area contributed by atoms with Gasteiger partial charge in [-0.15, -0.1) is 0 Å². The maximum Gasteiger partial charge on any atom is 0.244 e. The van der Waals surface area contributed by atoms with E-state index in [-0.39, 0.29) is 29.4 Å². The number of rotatable bonds is 7. The van der Waals surface area contributed by atoms with Crippen LogP contribution in [0.3, 0.4) is 0 Å². The molecule has 1 heterocycles. The number of hydrogen-bond donors (Lipinski definition) is 1. The third-order valence-electron chi connectivity index (χ3n) is 5.66. The van der Waals surface area contributed by atoms with Crippen LogP contribution >= 0.6 is 0 Å². The van der Waals surface area contributed by atoms with Gasteiger partial charge in [-0.1, -0.05) is 42.5 Å². The number of ether oxygens (including phenoxy) is 1. The van der Waals surface area contributed by atoms with Crippen molar-refractivity contribution in [2.24, 2.45) is 0 Å². The Labute approximate surface area is 205 Å². The topological polar surface area (TPSA) is 113 Å². The molecule has 11 heteroatoms. The molecule has 1 atom stereocenters. The molecule has 1 saturated heterocycles. The Morgan fingerprint density at radius 2 is 1.43 bits per heavy atom. The van der Waals surface area contributed by atoms with Crippen molar-refractivity contribution in [3.63, 3.8) is 0 Å². The van der Waals surface area contributed by atoms with Gasteiger partial charge in [0.25, 0.3) is 0 Å². The van der Waals surface area contributed by atoms with E-state index in [0.29, 0.717) is 11.4 Å².